The van der Waals surface area contributed by atoms with Crippen molar-refractivity contribution in [2.24, 2.45) is 0 Å². The lowest BCUT2D eigenvalue weighted by molar-refractivity contribution is -0.115. The highest BCUT2D eigenvalue weighted by Crippen LogP contribution is 2.16. The minimum atomic E-state index is 0.0322. The highest BCUT2D eigenvalue weighted by molar-refractivity contribution is 5.93. The van der Waals surface area contributed by atoms with Crippen molar-refractivity contribution in [3.05, 3.63) is 65.2 Å². The molecule has 0 aliphatic rings. The molecule has 98 valence electrons. The summed E-state index contributed by atoms with van der Waals surface area (Å²) < 4.78 is 0. The van der Waals surface area contributed by atoms with Gasteiger partial charge in [-0.3, -0.25) is 4.79 Å². The molecule has 2 nitrogen and oxygen atoms in total. The predicted molar refractivity (Wildman–Crippen MR) is 79.3 cm³/mol. The van der Waals surface area contributed by atoms with E-state index in [1.165, 1.54) is 11.1 Å². The second-order valence-corrected chi connectivity index (χ2v) is 4.72. The van der Waals surface area contributed by atoms with Gasteiger partial charge in [-0.15, -0.1) is 0 Å². The number of hydrogen-bond acceptors (Lipinski definition) is 1. The lowest BCUT2D eigenvalue weighted by Crippen LogP contribution is -2.15. The molecule has 0 atom stereocenters. The number of rotatable bonds is 4. The average molecular weight is 253 g/mol. The number of nitrogens with one attached hydrogen (secondary N) is 1. The van der Waals surface area contributed by atoms with Crippen molar-refractivity contribution in [3.63, 3.8) is 0 Å². The van der Waals surface area contributed by atoms with Gasteiger partial charge >= 0.3 is 0 Å². The van der Waals surface area contributed by atoms with Crippen LogP contribution in [0.2, 0.25) is 0 Å². The fourth-order valence-corrected chi connectivity index (χ4v) is 2.04. The Morgan fingerprint density at radius 2 is 1.74 bits per heavy atom. The van der Waals surface area contributed by atoms with Crippen LogP contribution >= 0.6 is 0 Å². The summed E-state index contributed by atoms with van der Waals surface area (Å²) in [6.45, 7) is 4.13. The van der Waals surface area contributed by atoms with Crippen molar-refractivity contribution in [1.82, 2.24) is 0 Å². The number of aryl methyl sites for hydroxylation is 2. The van der Waals surface area contributed by atoms with E-state index in [0.29, 0.717) is 6.42 Å². The first-order valence-electron chi connectivity index (χ1n) is 6.62. The molecule has 0 unspecified atom stereocenters. The van der Waals surface area contributed by atoms with Crippen LogP contribution in [0.15, 0.2) is 48.5 Å². The maximum absolute atomic E-state index is 12.0. The molecule has 19 heavy (non-hydrogen) atoms. The Bertz CT molecular complexity index is 558. The summed E-state index contributed by atoms with van der Waals surface area (Å²) in [7, 11) is 0. The minimum absolute atomic E-state index is 0.0322. The third-order valence-corrected chi connectivity index (χ3v) is 3.16. The van der Waals surface area contributed by atoms with E-state index in [2.05, 4.69) is 12.2 Å². The van der Waals surface area contributed by atoms with Crippen LogP contribution in [0, 0.1) is 6.92 Å². The maximum Gasteiger partial charge on any atom is 0.228 e. The van der Waals surface area contributed by atoms with Crippen molar-refractivity contribution in [3.8, 4) is 0 Å². The van der Waals surface area contributed by atoms with Crippen molar-refractivity contribution < 1.29 is 4.79 Å². The van der Waals surface area contributed by atoms with Gasteiger partial charge in [0.15, 0.2) is 0 Å². The zero-order chi connectivity index (χ0) is 13.7. The molecule has 0 aromatic heterocycles. The fourth-order valence-electron chi connectivity index (χ4n) is 2.04. The van der Waals surface area contributed by atoms with Gasteiger partial charge in [-0.05, 0) is 30.5 Å². The van der Waals surface area contributed by atoms with Gasteiger partial charge in [0.25, 0.3) is 0 Å². The van der Waals surface area contributed by atoms with Crippen molar-refractivity contribution in [2.75, 3.05) is 5.32 Å². The standard InChI is InChI=1S/C17H19NO/c1-3-15-6-4-5-7-16(15)18-17(19)12-14-10-8-13(2)9-11-14/h4-11H,3,12H2,1-2H3,(H,18,19). The summed E-state index contributed by atoms with van der Waals surface area (Å²) in [4.78, 5) is 12.0. The van der Waals surface area contributed by atoms with Gasteiger partial charge in [0.2, 0.25) is 5.91 Å². The zero-order valence-corrected chi connectivity index (χ0v) is 11.4. The van der Waals surface area contributed by atoms with E-state index < -0.39 is 0 Å². The van der Waals surface area contributed by atoms with Crippen LogP contribution in [-0.4, -0.2) is 5.91 Å². The van der Waals surface area contributed by atoms with Crippen LogP contribution in [0.3, 0.4) is 0 Å². The lowest BCUT2D eigenvalue weighted by atomic mass is 10.1. The van der Waals surface area contributed by atoms with E-state index in [1.807, 2.05) is 55.5 Å². The number of benzene rings is 2. The number of anilines is 1. The van der Waals surface area contributed by atoms with E-state index in [0.717, 1.165) is 17.7 Å². The van der Waals surface area contributed by atoms with Gasteiger partial charge in [-0.2, -0.15) is 0 Å². The Labute approximate surface area is 114 Å². The molecule has 2 heteroatoms. The molecule has 2 aromatic carbocycles. The van der Waals surface area contributed by atoms with Crippen LogP contribution in [0.4, 0.5) is 5.69 Å². The van der Waals surface area contributed by atoms with Crippen molar-refractivity contribution >= 4 is 11.6 Å². The molecule has 0 saturated carbocycles. The Balaban J connectivity index is 2.03. The summed E-state index contributed by atoms with van der Waals surface area (Å²) in [5.41, 5.74) is 4.33. The van der Waals surface area contributed by atoms with Gasteiger partial charge in [0.05, 0.1) is 6.42 Å². The fraction of sp³-hybridized carbons (Fsp3) is 0.235. The van der Waals surface area contributed by atoms with Gasteiger partial charge in [0, 0.05) is 5.69 Å². The van der Waals surface area contributed by atoms with Crippen molar-refractivity contribution in [2.45, 2.75) is 26.7 Å². The van der Waals surface area contributed by atoms with Gasteiger partial charge in [-0.25, -0.2) is 0 Å². The first kappa shape index (κ1) is 13.3. The van der Waals surface area contributed by atoms with E-state index in [1.54, 1.807) is 0 Å². The van der Waals surface area contributed by atoms with E-state index in [9.17, 15) is 4.79 Å². The summed E-state index contributed by atoms with van der Waals surface area (Å²) >= 11 is 0. The Morgan fingerprint density at radius 1 is 1.05 bits per heavy atom. The second kappa shape index (κ2) is 6.19. The average Bonchev–Trinajstić information content (AvgIpc) is 2.42. The molecule has 0 saturated heterocycles. The molecule has 0 aliphatic heterocycles. The van der Waals surface area contributed by atoms with Crippen LogP contribution < -0.4 is 5.32 Å². The summed E-state index contributed by atoms with van der Waals surface area (Å²) in [5.74, 6) is 0.0322. The third-order valence-electron chi connectivity index (χ3n) is 3.16. The number of carbonyl (C=O) groups excluding carboxylic acids is 1. The first-order chi connectivity index (χ1) is 9.19. The molecule has 1 N–H and O–H groups in total. The number of carbonyl (C=O) groups is 1. The SMILES string of the molecule is CCc1ccccc1NC(=O)Cc1ccc(C)cc1. The van der Waals surface area contributed by atoms with E-state index >= 15 is 0 Å². The molecule has 0 aliphatic carbocycles. The van der Waals surface area contributed by atoms with Gasteiger partial charge < -0.3 is 5.32 Å². The molecule has 0 bridgehead atoms. The first-order valence-corrected chi connectivity index (χ1v) is 6.62. The zero-order valence-electron chi connectivity index (χ0n) is 11.4. The van der Waals surface area contributed by atoms with E-state index in [-0.39, 0.29) is 5.91 Å². The molecule has 0 spiro atoms. The number of para-hydroxylation sites is 1. The monoisotopic (exact) mass is 253 g/mol. The molecular weight excluding hydrogens is 234 g/mol. The lowest BCUT2D eigenvalue weighted by Gasteiger charge is -2.09. The normalized spacial score (nSPS) is 10.2. The molecule has 0 fully saturated rings. The Kier molecular flexibility index (Phi) is 4.35. The molecule has 2 aromatic rings. The van der Waals surface area contributed by atoms with Crippen LogP contribution in [0.5, 0.6) is 0 Å². The highest BCUT2D eigenvalue weighted by atomic mass is 16.1. The quantitative estimate of drug-likeness (QED) is 0.883. The summed E-state index contributed by atoms with van der Waals surface area (Å²) in [6.07, 6.45) is 1.33. The minimum Gasteiger partial charge on any atom is -0.326 e. The van der Waals surface area contributed by atoms with Crippen molar-refractivity contribution in [1.29, 1.82) is 0 Å². The van der Waals surface area contributed by atoms with Gasteiger partial charge in [-0.1, -0.05) is 55.0 Å². The Morgan fingerprint density at radius 3 is 2.42 bits per heavy atom. The third kappa shape index (κ3) is 3.68. The molecule has 2 rings (SSSR count). The largest absolute Gasteiger partial charge is 0.326 e. The van der Waals surface area contributed by atoms with E-state index in [4.69, 9.17) is 0 Å². The Hall–Kier alpha value is -2.09. The topological polar surface area (TPSA) is 29.1 Å². The molecule has 0 heterocycles. The second-order valence-electron chi connectivity index (χ2n) is 4.72. The summed E-state index contributed by atoms with van der Waals surface area (Å²) in [6, 6.07) is 16.0. The van der Waals surface area contributed by atoms with Gasteiger partial charge in [0.1, 0.15) is 0 Å². The number of amides is 1. The van der Waals surface area contributed by atoms with Crippen LogP contribution in [0.1, 0.15) is 23.6 Å². The smallest absolute Gasteiger partial charge is 0.228 e. The highest BCUT2D eigenvalue weighted by Gasteiger charge is 2.06. The summed E-state index contributed by atoms with van der Waals surface area (Å²) in [5, 5.41) is 2.99. The predicted octanol–water partition coefficient (Wildman–Crippen LogP) is 3.74. The molecular formula is C17H19NO. The van der Waals surface area contributed by atoms with Crippen LogP contribution in [-0.2, 0) is 17.6 Å². The number of hydrogen-bond donors (Lipinski definition) is 1. The van der Waals surface area contributed by atoms with Crippen LogP contribution in [0.25, 0.3) is 0 Å². The molecule has 1 amide bonds. The maximum atomic E-state index is 12.0. The molecule has 0 radical (unpaired) electrons.